The zero-order valence-corrected chi connectivity index (χ0v) is 18.9. The van der Waals surface area contributed by atoms with Crippen LogP contribution in [0.25, 0.3) is 11.8 Å². The van der Waals surface area contributed by atoms with E-state index in [0.717, 1.165) is 15.7 Å². The van der Waals surface area contributed by atoms with Gasteiger partial charge in [0.05, 0.1) is 5.69 Å². The average Bonchev–Trinajstić information content (AvgIpc) is 3.16. The molecule has 30 heavy (non-hydrogen) atoms. The Morgan fingerprint density at radius 2 is 1.87 bits per heavy atom. The van der Waals surface area contributed by atoms with Crippen molar-refractivity contribution in [2.24, 2.45) is 0 Å². The molecule has 1 aliphatic rings. The second-order valence-corrected chi connectivity index (χ2v) is 8.38. The van der Waals surface area contributed by atoms with Crippen molar-refractivity contribution in [3.05, 3.63) is 87.1 Å². The molecule has 0 bridgehead atoms. The number of anilines is 1. The van der Waals surface area contributed by atoms with Crippen LogP contribution >= 0.6 is 39.7 Å². The Morgan fingerprint density at radius 3 is 2.60 bits per heavy atom. The lowest BCUT2D eigenvalue weighted by Crippen LogP contribution is -2.54. The molecule has 1 aliphatic heterocycles. The van der Waals surface area contributed by atoms with Gasteiger partial charge in [-0.3, -0.25) is 19.8 Å². The van der Waals surface area contributed by atoms with E-state index in [1.165, 1.54) is 4.90 Å². The highest BCUT2D eigenvalue weighted by Gasteiger charge is 2.34. The predicted molar refractivity (Wildman–Crippen MR) is 126 cm³/mol. The highest BCUT2D eigenvalue weighted by atomic mass is 79.9. The fourth-order valence-electron chi connectivity index (χ4n) is 3.13. The molecule has 2 aromatic carbocycles. The maximum Gasteiger partial charge on any atom is 0.270 e. The third-order valence-corrected chi connectivity index (χ3v) is 5.86. The number of nitrogens with zero attached hydrogens (tertiary/aromatic N) is 2. The second kappa shape index (κ2) is 8.18. The number of hydrogen-bond donors (Lipinski definition) is 1. The van der Waals surface area contributed by atoms with E-state index in [2.05, 4.69) is 21.2 Å². The largest absolute Gasteiger partial charge is 0.317 e. The quantitative estimate of drug-likeness (QED) is 0.312. The van der Waals surface area contributed by atoms with Gasteiger partial charge in [-0.25, -0.2) is 0 Å². The minimum Gasteiger partial charge on any atom is -0.317 e. The van der Waals surface area contributed by atoms with Crippen molar-refractivity contribution in [1.29, 1.82) is 0 Å². The Balaban J connectivity index is 1.76. The molecule has 8 heteroatoms. The first-order valence-electron chi connectivity index (χ1n) is 8.96. The third kappa shape index (κ3) is 3.84. The monoisotopic (exact) mass is 499 g/mol. The molecule has 0 atom stereocenters. The fourth-order valence-corrected chi connectivity index (χ4v) is 3.98. The normalized spacial score (nSPS) is 15.6. The van der Waals surface area contributed by atoms with Gasteiger partial charge in [-0.2, -0.15) is 0 Å². The first-order chi connectivity index (χ1) is 14.3. The minimum absolute atomic E-state index is 0.0180. The number of hydrogen-bond acceptors (Lipinski definition) is 3. The first-order valence-corrected chi connectivity index (χ1v) is 10.5. The molecule has 3 aromatic rings. The van der Waals surface area contributed by atoms with Crippen molar-refractivity contribution < 1.29 is 9.59 Å². The average molecular weight is 501 g/mol. The number of rotatable bonds is 3. The molecule has 1 saturated heterocycles. The van der Waals surface area contributed by atoms with Crippen molar-refractivity contribution in [3.63, 3.8) is 0 Å². The van der Waals surface area contributed by atoms with Crippen LogP contribution in [0.5, 0.6) is 0 Å². The van der Waals surface area contributed by atoms with Gasteiger partial charge in [0.25, 0.3) is 11.8 Å². The van der Waals surface area contributed by atoms with E-state index in [0.29, 0.717) is 16.4 Å². The van der Waals surface area contributed by atoms with E-state index in [1.807, 2.05) is 54.1 Å². The van der Waals surface area contributed by atoms with Crippen LogP contribution in [0.4, 0.5) is 5.69 Å². The number of amides is 2. The standard InChI is InChI=1S/C22H15BrClN3O2S/c1-13-7-8-17(12-19(13)24)27-21(29)18(20(28)25-22(27)30)11-16-6-3-9-26(16)15-5-2-4-14(23)10-15/h2-12H,1H3,(H,25,28,30)/b18-11+. The number of nitrogens with one attached hydrogen (secondary N) is 1. The molecule has 0 saturated carbocycles. The van der Waals surface area contributed by atoms with Gasteiger partial charge >= 0.3 is 0 Å². The Kier molecular flexibility index (Phi) is 5.60. The molecule has 0 radical (unpaired) electrons. The summed E-state index contributed by atoms with van der Waals surface area (Å²) in [6.07, 6.45) is 3.42. The molecule has 1 fully saturated rings. The minimum atomic E-state index is -0.540. The van der Waals surface area contributed by atoms with Crippen LogP contribution in [-0.4, -0.2) is 21.5 Å². The molecule has 2 amide bonds. The molecule has 2 heterocycles. The van der Waals surface area contributed by atoms with Gasteiger partial charge in [-0.1, -0.05) is 39.7 Å². The number of aromatic nitrogens is 1. The number of benzene rings is 2. The summed E-state index contributed by atoms with van der Waals surface area (Å²) in [5.41, 5.74) is 2.93. The van der Waals surface area contributed by atoms with Crippen molar-refractivity contribution in [3.8, 4) is 5.69 Å². The Bertz CT molecular complexity index is 1230. The second-order valence-electron chi connectivity index (χ2n) is 6.67. The van der Waals surface area contributed by atoms with Crippen molar-refractivity contribution >= 4 is 68.4 Å². The Hall–Kier alpha value is -2.74. The molecule has 1 aromatic heterocycles. The van der Waals surface area contributed by atoms with E-state index in [9.17, 15) is 9.59 Å². The SMILES string of the molecule is Cc1ccc(N2C(=O)/C(=C/c3cccn3-c3cccc(Br)c3)C(=O)NC2=S)cc1Cl. The summed E-state index contributed by atoms with van der Waals surface area (Å²) in [5.74, 6) is -1.05. The predicted octanol–water partition coefficient (Wildman–Crippen LogP) is 5.03. The zero-order valence-electron chi connectivity index (χ0n) is 15.7. The van der Waals surface area contributed by atoms with Gasteiger partial charge < -0.3 is 4.57 Å². The van der Waals surface area contributed by atoms with Gasteiger partial charge in [0.1, 0.15) is 5.57 Å². The topological polar surface area (TPSA) is 54.3 Å². The van der Waals surface area contributed by atoms with E-state index >= 15 is 0 Å². The Morgan fingerprint density at radius 1 is 1.07 bits per heavy atom. The zero-order chi connectivity index (χ0) is 21.4. The van der Waals surface area contributed by atoms with Crippen LogP contribution < -0.4 is 10.2 Å². The summed E-state index contributed by atoms with van der Waals surface area (Å²) < 4.78 is 2.81. The maximum absolute atomic E-state index is 13.2. The lowest BCUT2D eigenvalue weighted by atomic mass is 10.1. The van der Waals surface area contributed by atoms with E-state index in [-0.39, 0.29) is 10.7 Å². The summed E-state index contributed by atoms with van der Waals surface area (Å²) in [7, 11) is 0. The molecule has 0 unspecified atom stereocenters. The summed E-state index contributed by atoms with van der Waals surface area (Å²) in [6.45, 7) is 1.87. The number of carbonyl (C=O) groups is 2. The van der Waals surface area contributed by atoms with Gasteiger partial charge in [0.2, 0.25) is 0 Å². The van der Waals surface area contributed by atoms with Gasteiger partial charge in [0.15, 0.2) is 5.11 Å². The number of thiocarbonyl (C=S) groups is 1. The molecule has 0 aliphatic carbocycles. The van der Waals surface area contributed by atoms with Crippen LogP contribution in [0.1, 0.15) is 11.3 Å². The number of aryl methyl sites for hydroxylation is 1. The van der Waals surface area contributed by atoms with Crippen LogP contribution in [0, 0.1) is 6.92 Å². The van der Waals surface area contributed by atoms with Crippen molar-refractivity contribution in [2.45, 2.75) is 6.92 Å². The molecule has 4 rings (SSSR count). The van der Waals surface area contributed by atoms with E-state index in [4.69, 9.17) is 23.8 Å². The van der Waals surface area contributed by atoms with Gasteiger partial charge in [-0.15, -0.1) is 0 Å². The van der Waals surface area contributed by atoms with Crippen LogP contribution in [0.2, 0.25) is 5.02 Å². The van der Waals surface area contributed by atoms with Gasteiger partial charge in [0, 0.05) is 27.1 Å². The smallest absolute Gasteiger partial charge is 0.270 e. The van der Waals surface area contributed by atoms with Crippen molar-refractivity contribution in [2.75, 3.05) is 4.90 Å². The summed E-state index contributed by atoms with van der Waals surface area (Å²) in [6, 6.07) is 16.6. The highest BCUT2D eigenvalue weighted by Crippen LogP contribution is 2.27. The third-order valence-electron chi connectivity index (χ3n) is 4.67. The molecule has 0 spiro atoms. The molecular formula is C22H15BrClN3O2S. The number of carbonyl (C=O) groups excluding carboxylic acids is 2. The van der Waals surface area contributed by atoms with Crippen LogP contribution in [0.15, 0.2) is 70.8 Å². The fraction of sp³-hybridized carbons (Fsp3) is 0.0455. The first kappa shape index (κ1) is 20.5. The van der Waals surface area contributed by atoms with Crippen LogP contribution in [-0.2, 0) is 9.59 Å². The summed E-state index contributed by atoms with van der Waals surface area (Å²) in [5, 5.41) is 3.12. The highest BCUT2D eigenvalue weighted by molar-refractivity contribution is 9.10. The summed E-state index contributed by atoms with van der Waals surface area (Å²) >= 11 is 14.9. The molecular weight excluding hydrogens is 486 g/mol. The van der Waals surface area contributed by atoms with Crippen molar-refractivity contribution in [1.82, 2.24) is 9.88 Å². The molecule has 5 nitrogen and oxygen atoms in total. The van der Waals surface area contributed by atoms with E-state index < -0.39 is 11.8 Å². The van der Waals surface area contributed by atoms with Crippen LogP contribution in [0.3, 0.4) is 0 Å². The number of halogens is 2. The molecule has 150 valence electrons. The Labute approximate surface area is 192 Å². The summed E-state index contributed by atoms with van der Waals surface area (Å²) in [4.78, 5) is 27.1. The van der Waals surface area contributed by atoms with Gasteiger partial charge in [-0.05, 0) is 73.2 Å². The van der Waals surface area contributed by atoms with E-state index in [1.54, 1.807) is 24.3 Å². The maximum atomic E-state index is 13.2. The lowest BCUT2D eigenvalue weighted by molar-refractivity contribution is -0.122. The lowest BCUT2D eigenvalue weighted by Gasteiger charge is -2.29. The molecule has 1 N–H and O–H groups in total.